The first-order valence-electron chi connectivity index (χ1n) is 8.87. The van der Waals surface area contributed by atoms with Crippen molar-refractivity contribution in [1.29, 1.82) is 0 Å². The Labute approximate surface area is 158 Å². The fraction of sp³-hybridized carbons (Fsp3) is 0.938. The van der Waals surface area contributed by atoms with Crippen molar-refractivity contribution in [3.05, 3.63) is 0 Å². The van der Waals surface area contributed by atoms with Crippen molar-refractivity contribution in [3.63, 3.8) is 0 Å². The molecule has 0 amide bonds. The number of unbranched alkanes of at least 4 members (excludes halogenated alkanes) is 1. The Kier molecular flexibility index (Phi) is 11.2. The zero-order chi connectivity index (χ0) is 15.6. The highest BCUT2D eigenvalue weighted by Crippen LogP contribution is 2.16. The molecule has 1 unspecified atom stereocenters. The monoisotopic (exact) mass is 439 g/mol. The van der Waals surface area contributed by atoms with Gasteiger partial charge in [0.15, 0.2) is 5.96 Å². The van der Waals surface area contributed by atoms with Gasteiger partial charge in [-0.3, -0.25) is 14.8 Å². The molecule has 0 bridgehead atoms. The van der Waals surface area contributed by atoms with Crippen LogP contribution in [0.4, 0.5) is 0 Å². The molecule has 0 aromatic heterocycles. The molecule has 2 fully saturated rings. The van der Waals surface area contributed by atoms with Gasteiger partial charge in [-0.25, -0.2) is 0 Å². The lowest BCUT2D eigenvalue weighted by molar-refractivity contribution is 0.0372. The molecule has 0 radical (unpaired) electrons. The smallest absolute Gasteiger partial charge is 0.188 e. The van der Waals surface area contributed by atoms with Crippen LogP contribution in [0.5, 0.6) is 0 Å². The third kappa shape index (κ3) is 8.00. The van der Waals surface area contributed by atoms with Gasteiger partial charge < -0.3 is 15.8 Å². The predicted octanol–water partition coefficient (Wildman–Crippen LogP) is 1.11. The number of hydrogen-bond donors (Lipinski definition) is 2. The van der Waals surface area contributed by atoms with Crippen molar-refractivity contribution in [3.8, 4) is 0 Å². The summed E-state index contributed by atoms with van der Waals surface area (Å²) in [5.41, 5.74) is 5.96. The minimum Gasteiger partial charge on any atom is -0.379 e. The average Bonchev–Trinajstić information content (AvgIpc) is 3.01. The normalized spacial score (nSPS) is 23.7. The number of nitrogens with one attached hydrogen (secondary N) is 1. The van der Waals surface area contributed by atoms with Crippen LogP contribution in [-0.2, 0) is 4.74 Å². The van der Waals surface area contributed by atoms with E-state index in [-0.39, 0.29) is 24.0 Å². The Balaban J connectivity index is 0.00000264. The molecule has 2 saturated heterocycles. The number of ether oxygens (including phenoxy) is 1. The predicted molar refractivity (Wildman–Crippen MR) is 107 cm³/mol. The SMILES string of the molecule is CCN1CCCC1CN=C(N)NCCCCN1CCOCC1.I. The lowest BCUT2D eigenvalue weighted by Gasteiger charge is -2.26. The second kappa shape index (κ2) is 12.3. The van der Waals surface area contributed by atoms with E-state index < -0.39 is 0 Å². The number of nitrogens with zero attached hydrogens (tertiary/aromatic N) is 3. The second-order valence-electron chi connectivity index (χ2n) is 6.24. The lowest BCUT2D eigenvalue weighted by atomic mass is 10.2. The molecule has 2 heterocycles. The summed E-state index contributed by atoms with van der Waals surface area (Å²) in [6, 6.07) is 0.590. The minimum atomic E-state index is 0. The maximum Gasteiger partial charge on any atom is 0.188 e. The Hall–Kier alpha value is -0.120. The van der Waals surface area contributed by atoms with Gasteiger partial charge in [-0.1, -0.05) is 6.92 Å². The quantitative estimate of drug-likeness (QED) is 0.257. The zero-order valence-corrected chi connectivity index (χ0v) is 16.8. The van der Waals surface area contributed by atoms with Gasteiger partial charge in [-0.15, -0.1) is 24.0 Å². The second-order valence-corrected chi connectivity index (χ2v) is 6.24. The molecular formula is C16H34IN5O. The van der Waals surface area contributed by atoms with Crippen LogP contribution in [0.3, 0.4) is 0 Å². The number of likely N-dealkylation sites (N-methyl/N-ethyl adjacent to an activating group) is 1. The van der Waals surface area contributed by atoms with Crippen LogP contribution < -0.4 is 11.1 Å². The molecule has 2 aliphatic rings. The van der Waals surface area contributed by atoms with Crippen LogP contribution >= 0.6 is 24.0 Å². The van der Waals surface area contributed by atoms with Crippen LogP contribution in [0.15, 0.2) is 4.99 Å². The third-order valence-corrected chi connectivity index (χ3v) is 4.69. The number of likely N-dealkylation sites (tertiary alicyclic amines) is 1. The fourth-order valence-corrected chi connectivity index (χ4v) is 3.28. The highest BCUT2D eigenvalue weighted by atomic mass is 127. The van der Waals surface area contributed by atoms with Crippen LogP contribution in [0.25, 0.3) is 0 Å². The summed E-state index contributed by atoms with van der Waals surface area (Å²) < 4.78 is 5.35. The van der Waals surface area contributed by atoms with E-state index in [1.165, 1.54) is 25.8 Å². The summed E-state index contributed by atoms with van der Waals surface area (Å²) >= 11 is 0. The van der Waals surface area contributed by atoms with E-state index in [4.69, 9.17) is 10.5 Å². The van der Waals surface area contributed by atoms with Gasteiger partial charge in [-0.05, 0) is 45.3 Å². The maximum absolute atomic E-state index is 5.96. The highest BCUT2D eigenvalue weighted by Gasteiger charge is 2.22. The summed E-state index contributed by atoms with van der Waals surface area (Å²) in [4.78, 5) is 9.48. The van der Waals surface area contributed by atoms with E-state index in [0.717, 1.165) is 58.9 Å². The molecule has 0 spiro atoms. The van der Waals surface area contributed by atoms with Crippen molar-refractivity contribution < 1.29 is 4.74 Å². The summed E-state index contributed by atoms with van der Waals surface area (Å²) in [7, 11) is 0. The van der Waals surface area contributed by atoms with Crippen LogP contribution in [0, 0.1) is 0 Å². The van der Waals surface area contributed by atoms with Crippen LogP contribution in [-0.4, -0.2) is 80.8 Å². The van der Waals surface area contributed by atoms with E-state index in [9.17, 15) is 0 Å². The van der Waals surface area contributed by atoms with Gasteiger partial charge in [0.25, 0.3) is 0 Å². The van der Waals surface area contributed by atoms with E-state index in [0.29, 0.717) is 12.0 Å². The molecule has 1 atom stereocenters. The van der Waals surface area contributed by atoms with E-state index in [1.807, 2.05) is 0 Å². The largest absolute Gasteiger partial charge is 0.379 e. The Bertz CT molecular complexity index is 336. The lowest BCUT2D eigenvalue weighted by Crippen LogP contribution is -2.38. The first-order chi connectivity index (χ1) is 10.8. The molecule has 2 aliphatic heterocycles. The molecule has 0 aliphatic carbocycles. The number of hydrogen-bond acceptors (Lipinski definition) is 4. The van der Waals surface area contributed by atoms with Gasteiger partial charge in [-0.2, -0.15) is 0 Å². The molecule has 3 N–H and O–H groups in total. The third-order valence-electron chi connectivity index (χ3n) is 4.69. The number of nitrogens with two attached hydrogens (primary N) is 1. The molecule has 0 saturated carbocycles. The molecule has 23 heavy (non-hydrogen) atoms. The van der Waals surface area contributed by atoms with Gasteiger partial charge >= 0.3 is 0 Å². The standard InChI is InChI=1S/C16H33N5O.HI/c1-2-21-9-5-6-15(21)14-19-16(17)18-7-3-4-8-20-10-12-22-13-11-20;/h15H,2-14H2,1H3,(H3,17,18,19);1H. The first-order valence-corrected chi connectivity index (χ1v) is 8.87. The summed E-state index contributed by atoms with van der Waals surface area (Å²) in [5.74, 6) is 0.606. The first kappa shape index (κ1) is 20.9. The van der Waals surface area contributed by atoms with Crippen molar-refractivity contribution in [1.82, 2.24) is 15.1 Å². The van der Waals surface area contributed by atoms with E-state index >= 15 is 0 Å². The molecule has 2 rings (SSSR count). The van der Waals surface area contributed by atoms with E-state index in [2.05, 4.69) is 27.0 Å². The zero-order valence-electron chi connectivity index (χ0n) is 14.5. The van der Waals surface area contributed by atoms with Crippen LogP contribution in [0.1, 0.15) is 32.6 Å². The molecule has 7 heteroatoms. The Morgan fingerprint density at radius 2 is 2.04 bits per heavy atom. The summed E-state index contributed by atoms with van der Waals surface area (Å²) in [5, 5.41) is 3.24. The fourth-order valence-electron chi connectivity index (χ4n) is 3.28. The van der Waals surface area contributed by atoms with Gasteiger partial charge in [0.2, 0.25) is 0 Å². The van der Waals surface area contributed by atoms with Gasteiger partial charge in [0.1, 0.15) is 0 Å². The van der Waals surface area contributed by atoms with Crippen LogP contribution in [0.2, 0.25) is 0 Å². The topological polar surface area (TPSA) is 66.1 Å². The van der Waals surface area contributed by atoms with Crippen molar-refractivity contribution in [2.45, 2.75) is 38.6 Å². The average molecular weight is 439 g/mol. The molecule has 0 aromatic carbocycles. The van der Waals surface area contributed by atoms with Gasteiger partial charge in [0.05, 0.1) is 19.8 Å². The number of rotatable bonds is 8. The number of halogens is 1. The number of aliphatic imine (C=N–C) groups is 1. The molecule has 6 nitrogen and oxygen atoms in total. The van der Waals surface area contributed by atoms with E-state index in [1.54, 1.807) is 0 Å². The number of morpholine rings is 1. The number of guanidine groups is 1. The Morgan fingerprint density at radius 1 is 1.26 bits per heavy atom. The highest BCUT2D eigenvalue weighted by molar-refractivity contribution is 14.0. The van der Waals surface area contributed by atoms with Crippen molar-refractivity contribution >= 4 is 29.9 Å². The summed E-state index contributed by atoms with van der Waals surface area (Å²) in [6.07, 6.45) is 4.89. The van der Waals surface area contributed by atoms with Crippen molar-refractivity contribution in [2.24, 2.45) is 10.7 Å². The Morgan fingerprint density at radius 3 is 2.78 bits per heavy atom. The molecular weight excluding hydrogens is 405 g/mol. The summed E-state index contributed by atoms with van der Waals surface area (Å²) in [6.45, 7) is 11.4. The maximum atomic E-state index is 5.96. The minimum absolute atomic E-state index is 0. The molecule has 0 aromatic rings. The molecule has 136 valence electrons. The van der Waals surface area contributed by atoms with Gasteiger partial charge in [0, 0.05) is 25.7 Å². The van der Waals surface area contributed by atoms with Crippen molar-refractivity contribution in [2.75, 3.05) is 59.0 Å².